The molecule has 4 nitrogen and oxygen atoms in total. The van der Waals surface area contributed by atoms with Crippen LogP contribution in [0.15, 0.2) is 31.1 Å². The minimum atomic E-state index is 0.264. The van der Waals surface area contributed by atoms with Gasteiger partial charge in [-0.1, -0.05) is 0 Å². The van der Waals surface area contributed by atoms with Crippen LogP contribution in [-0.4, -0.2) is 22.6 Å². The van der Waals surface area contributed by atoms with E-state index in [-0.39, 0.29) is 6.10 Å². The maximum atomic E-state index is 5.42. The van der Waals surface area contributed by atoms with Crippen molar-refractivity contribution in [3.05, 3.63) is 31.1 Å². The SMILES string of the molecule is C1=COC(CNc2cncnc2)CC1. The molecule has 1 aliphatic heterocycles. The zero-order valence-electron chi connectivity index (χ0n) is 7.89. The van der Waals surface area contributed by atoms with Gasteiger partial charge >= 0.3 is 0 Å². The molecule has 1 aliphatic rings. The second-order valence-corrected chi connectivity index (χ2v) is 3.22. The zero-order chi connectivity index (χ0) is 9.64. The first-order chi connectivity index (χ1) is 6.95. The monoisotopic (exact) mass is 191 g/mol. The Hall–Kier alpha value is -1.58. The van der Waals surface area contributed by atoms with Gasteiger partial charge in [-0.05, 0) is 18.9 Å². The lowest BCUT2D eigenvalue weighted by Gasteiger charge is -2.19. The van der Waals surface area contributed by atoms with Crippen molar-refractivity contribution in [1.29, 1.82) is 0 Å². The standard InChI is InChI=1S/C10H13N3O/c1-2-4-14-10(3-1)7-13-9-5-11-8-12-6-9/h2,4-6,8,10,13H,1,3,7H2. The number of anilines is 1. The van der Waals surface area contributed by atoms with Gasteiger partial charge in [-0.3, -0.25) is 0 Å². The molecule has 74 valence electrons. The molecule has 0 saturated heterocycles. The van der Waals surface area contributed by atoms with Crippen molar-refractivity contribution in [2.75, 3.05) is 11.9 Å². The molecular weight excluding hydrogens is 178 g/mol. The number of hydrogen-bond donors (Lipinski definition) is 1. The Labute approximate surface area is 83.0 Å². The maximum absolute atomic E-state index is 5.42. The fourth-order valence-electron chi connectivity index (χ4n) is 1.36. The van der Waals surface area contributed by atoms with Crippen LogP contribution in [0.5, 0.6) is 0 Å². The number of nitrogens with one attached hydrogen (secondary N) is 1. The lowest BCUT2D eigenvalue weighted by molar-refractivity contribution is 0.135. The van der Waals surface area contributed by atoms with E-state index in [1.54, 1.807) is 18.7 Å². The van der Waals surface area contributed by atoms with Gasteiger partial charge in [0, 0.05) is 0 Å². The first-order valence-corrected chi connectivity index (χ1v) is 4.74. The summed E-state index contributed by atoms with van der Waals surface area (Å²) >= 11 is 0. The van der Waals surface area contributed by atoms with Gasteiger partial charge in [0.05, 0.1) is 30.9 Å². The van der Waals surface area contributed by atoms with E-state index < -0.39 is 0 Å². The Morgan fingerprint density at radius 1 is 1.43 bits per heavy atom. The van der Waals surface area contributed by atoms with Crippen molar-refractivity contribution in [3.63, 3.8) is 0 Å². The van der Waals surface area contributed by atoms with Crippen LogP contribution in [0.2, 0.25) is 0 Å². The van der Waals surface area contributed by atoms with E-state index in [0.717, 1.165) is 25.1 Å². The van der Waals surface area contributed by atoms with Crippen LogP contribution in [0.25, 0.3) is 0 Å². The topological polar surface area (TPSA) is 47.0 Å². The minimum absolute atomic E-state index is 0.264. The van der Waals surface area contributed by atoms with Gasteiger partial charge in [-0.2, -0.15) is 0 Å². The van der Waals surface area contributed by atoms with Crippen LogP contribution in [0.1, 0.15) is 12.8 Å². The quantitative estimate of drug-likeness (QED) is 0.788. The average Bonchev–Trinajstić information content (AvgIpc) is 2.29. The van der Waals surface area contributed by atoms with Crippen molar-refractivity contribution in [3.8, 4) is 0 Å². The van der Waals surface area contributed by atoms with Crippen LogP contribution < -0.4 is 5.32 Å². The fourth-order valence-corrected chi connectivity index (χ4v) is 1.36. The lowest BCUT2D eigenvalue weighted by Crippen LogP contribution is -2.23. The summed E-state index contributed by atoms with van der Waals surface area (Å²) in [6, 6.07) is 0. The molecule has 0 fully saturated rings. The molecule has 0 bridgehead atoms. The molecule has 0 amide bonds. The summed E-state index contributed by atoms with van der Waals surface area (Å²) in [7, 11) is 0. The van der Waals surface area contributed by atoms with Crippen molar-refractivity contribution >= 4 is 5.69 Å². The van der Waals surface area contributed by atoms with E-state index in [1.165, 1.54) is 6.33 Å². The summed E-state index contributed by atoms with van der Waals surface area (Å²) in [5.74, 6) is 0. The summed E-state index contributed by atoms with van der Waals surface area (Å²) in [5, 5.41) is 3.23. The summed E-state index contributed by atoms with van der Waals surface area (Å²) in [4.78, 5) is 7.84. The summed E-state index contributed by atoms with van der Waals surface area (Å²) < 4.78 is 5.42. The summed E-state index contributed by atoms with van der Waals surface area (Å²) in [5.41, 5.74) is 0.936. The Kier molecular flexibility index (Phi) is 2.95. The molecule has 4 heteroatoms. The molecule has 1 unspecified atom stereocenters. The van der Waals surface area contributed by atoms with E-state index in [2.05, 4.69) is 15.3 Å². The number of allylic oxidation sites excluding steroid dienone is 1. The predicted octanol–water partition coefficient (Wildman–Crippen LogP) is 1.58. The van der Waals surface area contributed by atoms with Crippen LogP contribution in [-0.2, 0) is 4.74 Å². The van der Waals surface area contributed by atoms with Crippen LogP contribution in [0.4, 0.5) is 5.69 Å². The van der Waals surface area contributed by atoms with Gasteiger partial charge in [0.25, 0.3) is 0 Å². The molecule has 1 aromatic rings. The predicted molar refractivity (Wildman–Crippen MR) is 53.8 cm³/mol. The van der Waals surface area contributed by atoms with E-state index in [1.807, 2.05) is 6.08 Å². The van der Waals surface area contributed by atoms with E-state index in [0.29, 0.717) is 0 Å². The molecule has 2 heterocycles. The molecule has 0 saturated carbocycles. The highest BCUT2D eigenvalue weighted by atomic mass is 16.5. The summed E-state index contributed by atoms with van der Waals surface area (Å²) in [6.07, 6.45) is 11.3. The highest BCUT2D eigenvalue weighted by Crippen LogP contribution is 2.11. The molecule has 14 heavy (non-hydrogen) atoms. The lowest BCUT2D eigenvalue weighted by atomic mass is 10.1. The van der Waals surface area contributed by atoms with Crippen LogP contribution in [0, 0.1) is 0 Å². The van der Waals surface area contributed by atoms with Crippen LogP contribution >= 0.6 is 0 Å². The zero-order valence-corrected chi connectivity index (χ0v) is 7.89. The summed E-state index contributed by atoms with van der Waals surface area (Å²) in [6.45, 7) is 0.803. The van der Waals surface area contributed by atoms with Crippen LogP contribution in [0.3, 0.4) is 0 Å². The smallest absolute Gasteiger partial charge is 0.115 e. The number of ether oxygens (including phenoxy) is 1. The van der Waals surface area contributed by atoms with Gasteiger partial charge in [-0.15, -0.1) is 0 Å². The Morgan fingerprint density at radius 3 is 3.00 bits per heavy atom. The molecule has 1 atom stereocenters. The molecule has 1 aromatic heterocycles. The van der Waals surface area contributed by atoms with Gasteiger partial charge in [-0.25, -0.2) is 9.97 Å². The molecule has 2 rings (SSSR count). The Bertz CT molecular complexity index is 299. The molecule has 0 aliphatic carbocycles. The minimum Gasteiger partial charge on any atom is -0.497 e. The maximum Gasteiger partial charge on any atom is 0.115 e. The molecular formula is C10H13N3O. The number of hydrogen-bond acceptors (Lipinski definition) is 4. The highest BCUT2D eigenvalue weighted by Gasteiger charge is 2.09. The van der Waals surface area contributed by atoms with E-state index in [9.17, 15) is 0 Å². The third kappa shape index (κ3) is 2.45. The first-order valence-electron chi connectivity index (χ1n) is 4.74. The largest absolute Gasteiger partial charge is 0.497 e. The van der Waals surface area contributed by atoms with E-state index in [4.69, 9.17) is 4.74 Å². The van der Waals surface area contributed by atoms with Crippen molar-refractivity contribution in [2.24, 2.45) is 0 Å². The fraction of sp³-hybridized carbons (Fsp3) is 0.400. The normalized spacial score (nSPS) is 20.1. The molecule has 0 spiro atoms. The Balaban J connectivity index is 1.80. The van der Waals surface area contributed by atoms with Gasteiger partial charge < -0.3 is 10.1 Å². The molecule has 1 N–H and O–H groups in total. The average molecular weight is 191 g/mol. The second kappa shape index (κ2) is 4.60. The van der Waals surface area contributed by atoms with Crippen molar-refractivity contribution in [1.82, 2.24) is 9.97 Å². The second-order valence-electron chi connectivity index (χ2n) is 3.22. The van der Waals surface area contributed by atoms with E-state index >= 15 is 0 Å². The first kappa shape index (κ1) is 8.99. The third-order valence-electron chi connectivity index (χ3n) is 2.12. The van der Waals surface area contributed by atoms with Gasteiger partial charge in [0.1, 0.15) is 12.4 Å². The molecule has 0 aromatic carbocycles. The Morgan fingerprint density at radius 2 is 2.29 bits per heavy atom. The van der Waals surface area contributed by atoms with Gasteiger partial charge in [0.15, 0.2) is 0 Å². The van der Waals surface area contributed by atoms with Crippen molar-refractivity contribution < 1.29 is 4.74 Å². The highest BCUT2D eigenvalue weighted by molar-refractivity contribution is 5.37. The third-order valence-corrected chi connectivity index (χ3v) is 2.12. The van der Waals surface area contributed by atoms with Gasteiger partial charge in [0.2, 0.25) is 0 Å². The van der Waals surface area contributed by atoms with Crippen molar-refractivity contribution in [2.45, 2.75) is 18.9 Å². The number of aromatic nitrogens is 2. The number of rotatable bonds is 3. The number of nitrogens with zero attached hydrogens (tertiary/aromatic N) is 2. The molecule has 0 radical (unpaired) electrons.